The molecule has 16 heavy (non-hydrogen) atoms. The van der Waals surface area contributed by atoms with E-state index >= 15 is 0 Å². The summed E-state index contributed by atoms with van der Waals surface area (Å²) in [6.45, 7) is 0.327. The Morgan fingerprint density at radius 1 is 1.56 bits per heavy atom. The number of ether oxygens (including phenoxy) is 1. The number of methoxy groups -OCH3 is 1. The molecule has 0 spiro atoms. The van der Waals surface area contributed by atoms with E-state index in [-0.39, 0.29) is 18.7 Å². The highest BCUT2D eigenvalue weighted by Gasteiger charge is 2.07. The molecule has 0 aromatic carbocycles. The summed E-state index contributed by atoms with van der Waals surface area (Å²) in [5.74, 6) is -0.606. The molecule has 1 rings (SSSR count). The molecule has 0 radical (unpaired) electrons. The Kier molecular flexibility index (Phi) is 4.71. The standard InChI is InChI=1S/C9H13N3O3S/c1-15-8(14)3-2-7(13)11-4-6-5-16-9(10)12-6/h5H,2-4H2,1H3,(H2,10,12)(H,11,13). The van der Waals surface area contributed by atoms with Crippen LogP contribution in [-0.2, 0) is 20.9 Å². The third-order valence-electron chi connectivity index (χ3n) is 1.82. The summed E-state index contributed by atoms with van der Waals surface area (Å²) in [5.41, 5.74) is 6.15. The van der Waals surface area contributed by atoms with Crippen LogP contribution >= 0.6 is 11.3 Å². The first-order valence-electron chi connectivity index (χ1n) is 4.65. The quantitative estimate of drug-likeness (QED) is 0.725. The third kappa shape index (κ3) is 4.26. The van der Waals surface area contributed by atoms with Gasteiger partial charge in [0.15, 0.2) is 5.13 Å². The number of nitrogen functional groups attached to an aromatic ring is 1. The van der Waals surface area contributed by atoms with E-state index in [0.717, 1.165) is 0 Å². The van der Waals surface area contributed by atoms with Crippen molar-refractivity contribution in [1.82, 2.24) is 10.3 Å². The molecule has 0 aliphatic rings. The van der Waals surface area contributed by atoms with Gasteiger partial charge in [0.25, 0.3) is 0 Å². The highest BCUT2D eigenvalue weighted by atomic mass is 32.1. The van der Waals surface area contributed by atoms with E-state index in [4.69, 9.17) is 5.73 Å². The number of amides is 1. The van der Waals surface area contributed by atoms with Crippen LogP contribution in [0, 0.1) is 0 Å². The fourth-order valence-corrected chi connectivity index (χ4v) is 1.56. The lowest BCUT2D eigenvalue weighted by Gasteiger charge is -2.02. The average Bonchev–Trinajstić information content (AvgIpc) is 2.69. The van der Waals surface area contributed by atoms with Gasteiger partial charge in [0.05, 0.1) is 25.8 Å². The zero-order chi connectivity index (χ0) is 12.0. The monoisotopic (exact) mass is 243 g/mol. The van der Waals surface area contributed by atoms with Crippen LogP contribution in [0.3, 0.4) is 0 Å². The average molecular weight is 243 g/mol. The Labute approximate surface area is 96.8 Å². The first-order valence-corrected chi connectivity index (χ1v) is 5.53. The molecule has 0 fully saturated rings. The topological polar surface area (TPSA) is 94.3 Å². The lowest BCUT2D eigenvalue weighted by atomic mass is 10.3. The molecule has 0 aliphatic heterocycles. The molecule has 1 aromatic heterocycles. The van der Waals surface area contributed by atoms with Crippen LogP contribution in [0.5, 0.6) is 0 Å². The van der Waals surface area contributed by atoms with Gasteiger partial charge in [0, 0.05) is 11.8 Å². The predicted molar refractivity (Wildman–Crippen MR) is 59.6 cm³/mol. The molecule has 1 heterocycles. The van der Waals surface area contributed by atoms with Gasteiger partial charge in [-0.3, -0.25) is 9.59 Å². The van der Waals surface area contributed by atoms with Crippen molar-refractivity contribution in [2.75, 3.05) is 12.8 Å². The van der Waals surface area contributed by atoms with Crippen molar-refractivity contribution in [3.05, 3.63) is 11.1 Å². The smallest absolute Gasteiger partial charge is 0.306 e. The van der Waals surface area contributed by atoms with E-state index in [1.54, 1.807) is 5.38 Å². The molecule has 6 nitrogen and oxygen atoms in total. The number of rotatable bonds is 5. The summed E-state index contributed by atoms with van der Waals surface area (Å²) in [5, 5.41) is 4.88. The fourth-order valence-electron chi connectivity index (χ4n) is 0.999. The van der Waals surface area contributed by atoms with E-state index in [0.29, 0.717) is 17.4 Å². The summed E-state index contributed by atoms with van der Waals surface area (Å²) in [4.78, 5) is 26.0. The molecule has 0 bridgehead atoms. The van der Waals surface area contributed by atoms with Crippen molar-refractivity contribution in [2.24, 2.45) is 0 Å². The van der Waals surface area contributed by atoms with Crippen molar-refractivity contribution in [3.63, 3.8) is 0 Å². The number of esters is 1. The zero-order valence-electron chi connectivity index (χ0n) is 8.86. The highest BCUT2D eigenvalue weighted by Crippen LogP contribution is 2.10. The zero-order valence-corrected chi connectivity index (χ0v) is 9.67. The number of aromatic nitrogens is 1. The van der Waals surface area contributed by atoms with Crippen LogP contribution in [0.2, 0.25) is 0 Å². The van der Waals surface area contributed by atoms with Crippen molar-refractivity contribution in [1.29, 1.82) is 0 Å². The second kappa shape index (κ2) is 6.06. The minimum absolute atomic E-state index is 0.0849. The van der Waals surface area contributed by atoms with Crippen LogP contribution < -0.4 is 11.1 Å². The lowest BCUT2D eigenvalue weighted by Crippen LogP contribution is -2.23. The molecule has 1 amide bonds. The molecule has 1 aromatic rings. The molecule has 0 saturated heterocycles. The first kappa shape index (κ1) is 12.4. The largest absolute Gasteiger partial charge is 0.469 e. The van der Waals surface area contributed by atoms with Crippen LogP contribution in [-0.4, -0.2) is 24.0 Å². The lowest BCUT2D eigenvalue weighted by molar-refractivity contribution is -0.142. The van der Waals surface area contributed by atoms with Gasteiger partial charge in [0.2, 0.25) is 5.91 Å². The molecule has 7 heteroatoms. The summed E-state index contributed by atoms with van der Waals surface area (Å²) in [6, 6.07) is 0. The Hall–Kier alpha value is -1.63. The summed E-state index contributed by atoms with van der Waals surface area (Å²) in [7, 11) is 1.29. The van der Waals surface area contributed by atoms with Crippen LogP contribution in [0.15, 0.2) is 5.38 Å². The van der Waals surface area contributed by atoms with E-state index in [2.05, 4.69) is 15.0 Å². The van der Waals surface area contributed by atoms with Gasteiger partial charge in [-0.15, -0.1) is 11.3 Å². The normalized spacial score (nSPS) is 9.81. The number of thiazole rings is 1. The molecular formula is C9H13N3O3S. The van der Waals surface area contributed by atoms with Gasteiger partial charge in [0.1, 0.15) is 0 Å². The Bertz CT molecular complexity index is 378. The van der Waals surface area contributed by atoms with Gasteiger partial charge < -0.3 is 15.8 Å². The molecule has 0 saturated carbocycles. The van der Waals surface area contributed by atoms with E-state index < -0.39 is 5.97 Å². The van der Waals surface area contributed by atoms with Crippen molar-refractivity contribution in [3.8, 4) is 0 Å². The Morgan fingerprint density at radius 3 is 2.88 bits per heavy atom. The summed E-state index contributed by atoms with van der Waals surface area (Å²) >= 11 is 1.32. The molecule has 0 unspecified atom stereocenters. The van der Waals surface area contributed by atoms with E-state index in [1.165, 1.54) is 18.4 Å². The number of carbonyl (C=O) groups is 2. The molecule has 0 aliphatic carbocycles. The number of hydrogen-bond donors (Lipinski definition) is 2. The van der Waals surface area contributed by atoms with Crippen molar-refractivity contribution >= 4 is 28.3 Å². The van der Waals surface area contributed by atoms with E-state index in [1.807, 2.05) is 0 Å². The van der Waals surface area contributed by atoms with Gasteiger partial charge in [-0.2, -0.15) is 0 Å². The summed E-state index contributed by atoms with van der Waals surface area (Å²) in [6.07, 6.45) is 0.202. The van der Waals surface area contributed by atoms with Gasteiger partial charge in [-0.05, 0) is 0 Å². The number of nitrogens with one attached hydrogen (secondary N) is 1. The summed E-state index contributed by atoms with van der Waals surface area (Å²) < 4.78 is 4.42. The Morgan fingerprint density at radius 2 is 2.31 bits per heavy atom. The number of nitrogens with zero attached hydrogens (tertiary/aromatic N) is 1. The maximum atomic E-state index is 11.3. The predicted octanol–water partition coefficient (Wildman–Crippen LogP) is 0.295. The molecule has 88 valence electrons. The maximum absolute atomic E-state index is 11.3. The van der Waals surface area contributed by atoms with Gasteiger partial charge in [-0.25, -0.2) is 4.98 Å². The second-order valence-electron chi connectivity index (χ2n) is 3.03. The van der Waals surface area contributed by atoms with Crippen LogP contribution in [0.1, 0.15) is 18.5 Å². The van der Waals surface area contributed by atoms with Gasteiger partial charge in [-0.1, -0.05) is 0 Å². The number of nitrogens with two attached hydrogens (primary N) is 1. The van der Waals surface area contributed by atoms with Crippen LogP contribution in [0.25, 0.3) is 0 Å². The SMILES string of the molecule is COC(=O)CCC(=O)NCc1csc(N)n1. The second-order valence-corrected chi connectivity index (χ2v) is 3.92. The fraction of sp³-hybridized carbons (Fsp3) is 0.444. The minimum atomic E-state index is -0.395. The van der Waals surface area contributed by atoms with E-state index in [9.17, 15) is 9.59 Å². The van der Waals surface area contributed by atoms with Crippen molar-refractivity contribution < 1.29 is 14.3 Å². The highest BCUT2D eigenvalue weighted by molar-refractivity contribution is 7.13. The third-order valence-corrected chi connectivity index (χ3v) is 2.54. The maximum Gasteiger partial charge on any atom is 0.306 e. The first-order chi connectivity index (χ1) is 7.61. The molecular weight excluding hydrogens is 230 g/mol. The van der Waals surface area contributed by atoms with Gasteiger partial charge >= 0.3 is 5.97 Å². The minimum Gasteiger partial charge on any atom is -0.469 e. The number of anilines is 1. The molecule has 3 N–H and O–H groups in total. The number of carbonyl (C=O) groups excluding carboxylic acids is 2. The van der Waals surface area contributed by atoms with Crippen LogP contribution in [0.4, 0.5) is 5.13 Å². The Balaban J connectivity index is 2.22. The number of hydrogen-bond acceptors (Lipinski definition) is 6. The molecule has 0 atom stereocenters. The van der Waals surface area contributed by atoms with Crippen molar-refractivity contribution in [2.45, 2.75) is 19.4 Å².